The van der Waals surface area contributed by atoms with Gasteiger partial charge in [0.15, 0.2) is 0 Å². The van der Waals surface area contributed by atoms with Crippen LogP contribution in [0.2, 0.25) is 0 Å². The van der Waals surface area contributed by atoms with Crippen molar-refractivity contribution in [1.82, 2.24) is 0 Å². The smallest absolute Gasteiger partial charge is 0.312 e. The predicted octanol–water partition coefficient (Wildman–Crippen LogP) is 2.66. The summed E-state index contributed by atoms with van der Waals surface area (Å²) >= 11 is 0. The Kier molecular flexibility index (Phi) is 3.34. The number of benzene rings is 1. The van der Waals surface area contributed by atoms with Crippen LogP contribution in [-0.4, -0.2) is 24.3 Å². The van der Waals surface area contributed by atoms with Gasteiger partial charge in [0, 0.05) is 18.6 Å². The van der Waals surface area contributed by atoms with Gasteiger partial charge >= 0.3 is 5.97 Å². The number of rotatable bonds is 4. The van der Waals surface area contributed by atoms with Crippen molar-refractivity contribution in [3.8, 4) is 0 Å². The molecule has 1 fully saturated rings. The number of alkyl halides is 2. The molecule has 1 aliphatic heterocycles. The molecule has 5 heteroatoms. The molecule has 1 saturated heterocycles. The summed E-state index contributed by atoms with van der Waals surface area (Å²) in [7, 11) is 0. The summed E-state index contributed by atoms with van der Waals surface area (Å²) < 4.78 is 33.2. The van der Waals surface area contributed by atoms with E-state index in [0.717, 1.165) is 0 Å². The molecule has 0 spiro atoms. The van der Waals surface area contributed by atoms with Gasteiger partial charge in [0.25, 0.3) is 5.92 Å². The van der Waals surface area contributed by atoms with E-state index in [4.69, 9.17) is 9.84 Å². The monoisotopic (exact) mass is 256 g/mol. The molecular weight excluding hydrogens is 242 g/mol. The van der Waals surface area contributed by atoms with E-state index >= 15 is 0 Å². The van der Waals surface area contributed by atoms with Gasteiger partial charge in [0.1, 0.15) is 0 Å². The van der Waals surface area contributed by atoms with Gasteiger partial charge in [0.2, 0.25) is 0 Å². The fraction of sp³-hybridized carbons (Fsp3) is 0.462. The van der Waals surface area contributed by atoms with E-state index in [9.17, 15) is 13.6 Å². The average molecular weight is 256 g/mol. The van der Waals surface area contributed by atoms with Crippen LogP contribution in [0.15, 0.2) is 30.3 Å². The second-order valence-electron chi connectivity index (χ2n) is 4.64. The first-order valence-corrected chi connectivity index (χ1v) is 5.71. The Balaban J connectivity index is 2.24. The van der Waals surface area contributed by atoms with E-state index in [2.05, 4.69) is 0 Å². The highest BCUT2D eigenvalue weighted by Gasteiger charge is 2.50. The number of halogens is 2. The average Bonchev–Trinajstić information content (AvgIpc) is 2.79. The summed E-state index contributed by atoms with van der Waals surface area (Å²) in [5.41, 5.74) is -1.63. The highest BCUT2D eigenvalue weighted by atomic mass is 19.3. The van der Waals surface area contributed by atoms with Crippen molar-refractivity contribution < 1.29 is 23.4 Å². The SMILES string of the molecule is O=C(O)C1(CC(F)(F)c2ccccc2)CCOC1. The lowest BCUT2D eigenvalue weighted by Gasteiger charge is -2.27. The zero-order valence-electron chi connectivity index (χ0n) is 9.73. The fourth-order valence-corrected chi connectivity index (χ4v) is 2.20. The van der Waals surface area contributed by atoms with Crippen molar-refractivity contribution in [2.45, 2.75) is 18.8 Å². The second-order valence-corrected chi connectivity index (χ2v) is 4.64. The molecule has 1 aliphatic rings. The van der Waals surface area contributed by atoms with Crippen molar-refractivity contribution in [1.29, 1.82) is 0 Å². The first-order chi connectivity index (χ1) is 8.46. The standard InChI is InChI=1S/C13H14F2O3/c14-13(15,10-4-2-1-3-5-10)8-12(11(16)17)6-7-18-9-12/h1-5H,6-9H2,(H,16,17). The molecule has 0 radical (unpaired) electrons. The minimum Gasteiger partial charge on any atom is -0.481 e. The van der Waals surface area contributed by atoms with Crippen LogP contribution in [0.25, 0.3) is 0 Å². The summed E-state index contributed by atoms with van der Waals surface area (Å²) in [6.45, 7) is 0.0714. The second kappa shape index (κ2) is 4.65. The fourth-order valence-electron chi connectivity index (χ4n) is 2.20. The normalized spacial score (nSPS) is 24.1. The van der Waals surface area contributed by atoms with Crippen molar-refractivity contribution >= 4 is 5.97 Å². The molecule has 0 aliphatic carbocycles. The lowest BCUT2D eigenvalue weighted by molar-refractivity contribution is -0.156. The van der Waals surface area contributed by atoms with E-state index in [1.54, 1.807) is 6.07 Å². The first kappa shape index (κ1) is 13.0. The third kappa shape index (κ3) is 2.36. The van der Waals surface area contributed by atoms with E-state index in [1.807, 2.05) is 0 Å². The molecule has 0 saturated carbocycles. The minimum absolute atomic E-state index is 0.130. The van der Waals surface area contributed by atoms with Crippen LogP contribution in [0.5, 0.6) is 0 Å². The molecule has 1 aromatic carbocycles. The van der Waals surface area contributed by atoms with E-state index in [1.165, 1.54) is 24.3 Å². The van der Waals surface area contributed by atoms with Crippen LogP contribution < -0.4 is 0 Å². The van der Waals surface area contributed by atoms with Gasteiger partial charge in [-0.05, 0) is 6.42 Å². The van der Waals surface area contributed by atoms with Gasteiger partial charge < -0.3 is 9.84 Å². The summed E-state index contributed by atoms with van der Waals surface area (Å²) in [4.78, 5) is 11.2. The molecule has 1 heterocycles. The van der Waals surface area contributed by atoms with Gasteiger partial charge in [-0.15, -0.1) is 0 Å². The molecule has 18 heavy (non-hydrogen) atoms. The van der Waals surface area contributed by atoms with Gasteiger partial charge in [-0.2, -0.15) is 0 Å². The highest BCUT2D eigenvalue weighted by molar-refractivity contribution is 5.75. The molecule has 98 valence electrons. The molecule has 1 N–H and O–H groups in total. The predicted molar refractivity (Wildman–Crippen MR) is 60.5 cm³/mol. The van der Waals surface area contributed by atoms with Crippen LogP contribution in [0.4, 0.5) is 8.78 Å². The summed E-state index contributed by atoms with van der Waals surface area (Å²) in [6, 6.07) is 7.30. The van der Waals surface area contributed by atoms with Crippen molar-refractivity contribution in [2.24, 2.45) is 5.41 Å². The lowest BCUT2D eigenvalue weighted by Crippen LogP contribution is -2.37. The lowest BCUT2D eigenvalue weighted by atomic mass is 9.80. The number of hydrogen-bond donors (Lipinski definition) is 1. The Bertz CT molecular complexity index is 425. The third-order valence-electron chi connectivity index (χ3n) is 3.31. The number of aliphatic carboxylic acids is 1. The van der Waals surface area contributed by atoms with Crippen molar-refractivity contribution in [3.63, 3.8) is 0 Å². The molecule has 1 atom stereocenters. The molecule has 0 aromatic heterocycles. The van der Waals surface area contributed by atoms with Crippen molar-refractivity contribution in [2.75, 3.05) is 13.2 Å². The Hall–Kier alpha value is -1.49. The van der Waals surface area contributed by atoms with Gasteiger partial charge in [-0.25, -0.2) is 8.78 Å². The van der Waals surface area contributed by atoms with E-state index < -0.39 is 23.7 Å². The summed E-state index contributed by atoms with van der Waals surface area (Å²) in [5.74, 6) is -4.37. The largest absolute Gasteiger partial charge is 0.481 e. The van der Waals surface area contributed by atoms with Crippen molar-refractivity contribution in [3.05, 3.63) is 35.9 Å². The quantitative estimate of drug-likeness (QED) is 0.900. The van der Waals surface area contributed by atoms with Crippen LogP contribution >= 0.6 is 0 Å². The third-order valence-corrected chi connectivity index (χ3v) is 3.31. The highest BCUT2D eigenvalue weighted by Crippen LogP contribution is 2.44. The Morgan fingerprint density at radius 2 is 2.06 bits per heavy atom. The summed E-state index contributed by atoms with van der Waals surface area (Å²) in [5, 5.41) is 9.16. The first-order valence-electron chi connectivity index (χ1n) is 5.71. The zero-order chi connectivity index (χ0) is 13.2. The van der Waals surface area contributed by atoms with Gasteiger partial charge in [-0.1, -0.05) is 30.3 Å². The molecular formula is C13H14F2O3. The zero-order valence-corrected chi connectivity index (χ0v) is 9.73. The van der Waals surface area contributed by atoms with Gasteiger partial charge in [-0.3, -0.25) is 4.79 Å². The molecule has 3 nitrogen and oxygen atoms in total. The number of carboxylic acid groups (broad SMARTS) is 1. The van der Waals surface area contributed by atoms with Crippen LogP contribution in [0.3, 0.4) is 0 Å². The van der Waals surface area contributed by atoms with Crippen LogP contribution in [-0.2, 0) is 15.5 Å². The number of carboxylic acids is 1. The Morgan fingerprint density at radius 1 is 1.39 bits per heavy atom. The molecule has 0 bridgehead atoms. The van der Waals surface area contributed by atoms with Gasteiger partial charge in [0.05, 0.1) is 12.0 Å². The minimum atomic E-state index is -3.16. The molecule has 1 aromatic rings. The van der Waals surface area contributed by atoms with Crippen LogP contribution in [0.1, 0.15) is 18.4 Å². The molecule has 2 rings (SSSR count). The molecule has 0 amide bonds. The van der Waals surface area contributed by atoms with E-state index in [0.29, 0.717) is 0 Å². The number of carbonyl (C=O) groups is 1. The van der Waals surface area contributed by atoms with E-state index in [-0.39, 0.29) is 25.2 Å². The maximum Gasteiger partial charge on any atom is 0.312 e. The molecule has 1 unspecified atom stereocenters. The maximum atomic E-state index is 14.1. The number of hydrogen-bond acceptors (Lipinski definition) is 2. The Labute approximate surface area is 103 Å². The van der Waals surface area contributed by atoms with Crippen LogP contribution in [0, 0.1) is 5.41 Å². The Morgan fingerprint density at radius 3 is 2.56 bits per heavy atom. The topological polar surface area (TPSA) is 46.5 Å². The summed E-state index contributed by atoms with van der Waals surface area (Å²) in [6.07, 6.45) is -0.593. The maximum absolute atomic E-state index is 14.1. The number of ether oxygens (including phenoxy) is 1.